The van der Waals surface area contributed by atoms with Gasteiger partial charge in [-0.2, -0.15) is 0 Å². The van der Waals surface area contributed by atoms with E-state index in [2.05, 4.69) is 12.1 Å². The minimum Gasteiger partial charge on any atom is -0.0967 e. The summed E-state index contributed by atoms with van der Waals surface area (Å²) in [6, 6.07) is 8.36. The zero-order valence-electron chi connectivity index (χ0n) is 7.29. The zero-order chi connectivity index (χ0) is 8.39. The molecule has 1 fully saturated rings. The van der Waals surface area contributed by atoms with Gasteiger partial charge in [0.2, 0.25) is 0 Å². The van der Waals surface area contributed by atoms with Crippen LogP contribution in [0.4, 0.5) is 0 Å². The van der Waals surface area contributed by atoms with E-state index >= 15 is 0 Å². The molecular weight excluding hydrogens is 143 g/mol. The maximum absolute atomic E-state index is 5.63. The van der Waals surface area contributed by atoms with Crippen molar-refractivity contribution in [3.05, 3.63) is 29.8 Å². The monoisotopic (exact) mass is 156 g/mol. The average molecular weight is 156 g/mol. The van der Waals surface area contributed by atoms with E-state index in [-0.39, 0.29) is 0 Å². The van der Waals surface area contributed by atoms with Gasteiger partial charge in [-0.15, -0.1) is 0 Å². The van der Waals surface area contributed by atoms with Gasteiger partial charge in [0, 0.05) is 0 Å². The lowest BCUT2D eigenvalue weighted by Gasteiger charge is -2.08. The summed E-state index contributed by atoms with van der Waals surface area (Å²) in [6.45, 7) is 0. The third kappa shape index (κ3) is 1.55. The SMILES string of the molecule is [B]c1ccc(C2CCCC2)cc1. The van der Waals surface area contributed by atoms with Crippen LogP contribution in [0.2, 0.25) is 0 Å². The van der Waals surface area contributed by atoms with Crippen molar-refractivity contribution < 1.29 is 0 Å². The summed E-state index contributed by atoms with van der Waals surface area (Å²) in [5, 5.41) is 0. The second-order valence-corrected chi connectivity index (χ2v) is 3.65. The smallest absolute Gasteiger partial charge is 0.0967 e. The van der Waals surface area contributed by atoms with E-state index in [9.17, 15) is 0 Å². The number of hydrogen-bond acceptors (Lipinski definition) is 0. The van der Waals surface area contributed by atoms with Crippen LogP contribution in [-0.4, -0.2) is 7.85 Å². The molecule has 0 nitrogen and oxygen atoms in total. The molecule has 2 radical (unpaired) electrons. The Morgan fingerprint density at radius 1 is 1.00 bits per heavy atom. The fraction of sp³-hybridized carbons (Fsp3) is 0.455. The summed E-state index contributed by atoms with van der Waals surface area (Å²) in [5.74, 6) is 0.811. The Kier molecular flexibility index (Phi) is 2.20. The van der Waals surface area contributed by atoms with E-state index in [0.717, 1.165) is 11.4 Å². The molecule has 1 aromatic carbocycles. The molecule has 0 bridgehead atoms. The first kappa shape index (κ1) is 7.91. The highest BCUT2D eigenvalue weighted by molar-refractivity contribution is 6.32. The van der Waals surface area contributed by atoms with E-state index in [1.54, 1.807) is 0 Å². The number of hydrogen-bond donors (Lipinski definition) is 0. The summed E-state index contributed by atoms with van der Waals surface area (Å²) in [5.41, 5.74) is 2.35. The normalized spacial score (nSPS) is 18.3. The Morgan fingerprint density at radius 2 is 1.58 bits per heavy atom. The summed E-state index contributed by atoms with van der Waals surface area (Å²) in [7, 11) is 5.63. The molecule has 0 heterocycles. The highest BCUT2D eigenvalue weighted by atomic mass is 14.2. The van der Waals surface area contributed by atoms with Crippen molar-refractivity contribution in [3.63, 3.8) is 0 Å². The molecule has 0 spiro atoms. The predicted octanol–water partition coefficient (Wildman–Crippen LogP) is 2.14. The van der Waals surface area contributed by atoms with Crippen LogP contribution in [0.1, 0.15) is 37.2 Å². The molecule has 0 amide bonds. The Hall–Kier alpha value is -0.715. The molecular formula is C11H13B. The molecule has 2 rings (SSSR count). The molecule has 60 valence electrons. The van der Waals surface area contributed by atoms with E-state index in [0.29, 0.717) is 0 Å². The van der Waals surface area contributed by atoms with Gasteiger partial charge in [-0.3, -0.25) is 0 Å². The molecule has 0 atom stereocenters. The maximum Gasteiger partial charge on any atom is 0.113 e. The number of benzene rings is 1. The van der Waals surface area contributed by atoms with Crippen LogP contribution < -0.4 is 5.46 Å². The van der Waals surface area contributed by atoms with Crippen LogP contribution in [-0.2, 0) is 0 Å². The van der Waals surface area contributed by atoms with Crippen molar-refractivity contribution in [2.24, 2.45) is 0 Å². The molecule has 0 aliphatic heterocycles. The Labute approximate surface area is 75.4 Å². The summed E-state index contributed by atoms with van der Waals surface area (Å²) in [6.07, 6.45) is 5.53. The highest BCUT2D eigenvalue weighted by Gasteiger charge is 2.15. The molecule has 12 heavy (non-hydrogen) atoms. The molecule has 1 heteroatoms. The third-order valence-electron chi connectivity index (χ3n) is 2.76. The maximum atomic E-state index is 5.63. The van der Waals surface area contributed by atoms with E-state index in [1.807, 2.05) is 12.1 Å². The van der Waals surface area contributed by atoms with E-state index in [1.165, 1.54) is 31.2 Å². The van der Waals surface area contributed by atoms with Gasteiger partial charge in [-0.25, -0.2) is 0 Å². The number of rotatable bonds is 1. The Balaban J connectivity index is 2.17. The van der Waals surface area contributed by atoms with Crippen molar-refractivity contribution in [3.8, 4) is 0 Å². The van der Waals surface area contributed by atoms with E-state index < -0.39 is 0 Å². The van der Waals surface area contributed by atoms with Crippen molar-refractivity contribution in [1.82, 2.24) is 0 Å². The van der Waals surface area contributed by atoms with Crippen LogP contribution in [0, 0.1) is 0 Å². The first-order valence-electron chi connectivity index (χ1n) is 4.72. The lowest BCUT2D eigenvalue weighted by atomic mass is 9.91. The third-order valence-corrected chi connectivity index (χ3v) is 2.76. The standard InChI is InChI=1S/C11H13B/c12-11-7-5-10(6-8-11)9-3-1-2-4-9/h5-9H,1-4H2. The van der Waals surface area contributed by atoms with Crippen LogP contribution >= 0.6 is 0 Å². The first-order chi connectivity index (χ1) is 5.86. The first-order valence-corrected chi connectivity index (χ1v) is 4.72. The predicted molar refractivity (Wildman–Crippen MR) is 53.0 cm³/mol. The van der Waals surface area contributed by atoms with Gasteiger partial charge in [0.25, 0.3) is 0 Å². The van der Waals surface area contributed by atoms with Crippen LogP contribution in [0.5, 0.6) is 0 Å². The Bertz CT molecular complexity index is 244. The quantitative estimate of drug-likeness (QED) is 0.546. The van der Waals surface area contributed by atoms with Crippen molar-refractivity contribution >= 4 is 13.3 Å². The van der Waals surface area contributed by atoms with Gasteiger partial charge >= 0.3 is 0 Å². The van der Waals surface area contributed by atoms with Gasteiger partial charge in [0.05, 0.1) is 0 Å². The second-order valence-electron chi connectivity index (χ2n) is 3.65. The molecule has 0 N–H and O–H groups in total. The van der Waals surface area contributed by atoms with Gasteiger partial charge < -0.3 is 0 Å². The molecule has 0 saturated heterocycles. The molecule has 0 unspecified atom stereocenters. The molecule has 0 aromatic heterocycles. The fourth-order valence-corrected chi connectivity index (χ4v) is 2.03. The lowest BCUT2D eigenvalue weighted by molar-refractivity contribution is 0.723. The van der Waals surface area contributed by atoms with Crippen molar-refractivity contribution in [2.75, 3.05) is 0 Å². The van der Waals surface area contributed by atoms with Crippen LogP contribution in [0.25, 0.3) is 0 Å². The van der Waals surface area contributed by atoms with Crippen molar-refractivity contribution in [2.45, 2.75) is 31.6 Å². The molecule has 1 aliphatic carbocycles. The molecule has 1 saturated carbocycles. The van der Waals surface area contributed by atoms with Crippen LogP contribution in [0.3, 0.4) is 0 Å². The highest BCUT2D eigenvalue weighted by Crippen LogP contribution is 2.33. The zero-order valence-corrected chi connectivity index (χ0v) is 7.29. The minimum absolute atomic E-state index is 0.811. The van der Waals surface area contributed by atoms with Gasteiger partial charge in [-0.05, 0) is 24.3 Å². The second kappa shape index (κ2) is 3.34. The topological polar surface area (TPSA) is 0 Å². The fourth-order valence-electron chi connectivity index (χ4n) is 2.03. The van der Waals surface area contributed by atoms with Gasteiger partial charge in [-0.1, -0.05) is 42.6 Å². The molecule has 1 aromatic rings. The van der Waals surface area contributed by atoms with E-state index in [4.69, 9.17) is 7.85 Å². The Morgan fingerprint density at radius 3 is 2.17 bits per heavy atom. The average Bonchev–Trinajstić information content (AvgIpc) is 2.58. The van der Waals surface area contributed by atoms with Gasteiger partial charge in [0.1, 0.15) is 7.85 Å². The minimum atomic E-state index is 0.811. The largest absolute Gasteiger partial charge is 0.113 e. The molecule has 1 aliphatic rings. The summed E-state index contributed by atoms with van der Waals surface area (Å²) < 4.78 is 0. The lowest BCUT2D eigenvalue weighted by Crippen LogP contribution is -2.02. The van der Waals surface area contributed by atoms with Crippen LogP contribution in [0.15, 0.2) is 24.3 Å². The summed E-state index contributed by atoms with van der Waals surface area (Å²) >= 11 is 0. The summed E-state index contributed by atoms with van der Waals surface area (Å²) in [4.78, 5) is 0. The van der Waals surface area contributed by atoms with Gasteiger partial charge in [0.15, 0.2) is 0 Å². The van der Waals surface area contributed by atoms with Crippen molar-refractivity contribution in [1.29, 1.82) is 0 Å².